The number of carbonyl (C=O) groups excluding carboxylic acids is 1. The average Bonchev–Trinajstić information content (AvgIpc) is 3.21. The number of halogens is 1. The van der Waals surface area contributed by atoms with Crippen LogP contribution in [0.3, 0.4) is 0 Å². The van der Waals surface area contributed by atoms with Crippen LogP contribution in [0.1, 0.15) is 20.6 Å². The highest BCUT2D eigenvalue weighted by Crippen LogP contribution is 2.21. The number of benzene rings is 1. The molecule has 0 fully saturated rings. The second kappa shape index (κ2) is 7.38. The van der Waals surface area contributed by atoms with E-state index in [9.17, 15) is 9.18 Å². The minimum atomic E-state index is -0.352. The summed E-state index contributed by atoms with van der Waals surface area (Å²) in [6.07, 6.45) is 1.64. The molecule has 1 N–H and O–H groups in total. The first-order valence-corrected chi connectivity index (χ1v) is 8.67. The van der Waals surface area contributed by atoms with Crippen LogP contribution < -0.4 is 5.32 Å². The molecule has 3 rings (SSSR count). The van der Waals surface area contributed by atoms with Gasteiger partial charge in [-0.25, -0.2) is 4.39 Å². The summed E-state index contributed by atoms with van der Waals surface area (Å²) in [6, 6.07) is 9.31. The molecule has 8 heteroatoms. The third kappa shape index (κ3) is 4.40. The minimum Gasteiger partial charge on any atom is -0.468 e. The average molecular weight is 349 g/mol. The predicted molar refractivity (Wildman–Crippen MR) is 88.0 cm³/mol. The van der Waals surface area contributed by atoms with E-state index in [1.807, 2.05) is 12.1 Å². The molecule has 0 aliphatic rings. The first kappa shape index (κ1) is 15.7. The predicted octanol–water partition coefficient (Wildman–Crippen LogP) is 3.96. The molecule has 2 heterocycles. The number of hydrogen-bond acceptors (Lipinski definition) is 6. The van der Waals surface area contributed by atoms with Crippen molar-refractivity contribution in [3.05, 3.63) is 64.3 Å². The van der Waals surface area contributed by atoms with Crippen LogP contribution in [0.4, 0.5) is 10.1 Å². The Morgan fingerprint density at radius 2 is 2.04 bits per heavy atom. The standard InChI is InChI=1S/C15H12FN3O2S2/c16-10-3-5-11(6-4-10)17-14(20)15-19-18-13(23-15)9-22-8-12-2-1-7-21-12/h1-7H,8-9H2,(H,17,20). The van der Waals surface area contributed by atoms with E-state index in [0.29, 0.717) is 11.4 Å². The summed E-state index contributed by atoms with van der Waals surface area (Å²) in [7, 11) is 0. The summed E-state index contributed by atoms with van der Waals surface area (Å²) >= 11 is 2.88. The van der Waals surface area contributed by atoms with Gasteiger partial charge in [-0.2, -0.15) is 0 Å². The summed E-state index contributed by atoms with van der Waals surface area (Å²) < 4.78 is 18.1. The van der Waals surface area contributed by atoms with Gasteiger partial charge in [-0.1, -0.05) is 11.3 Å². The topological polar surface area (TPSA) is 68.0 Å². The maximum atomic E-state index is 12.8. The van der Waals surface area contributed by atoms with E-state index >= 15 is 0 Å². The fourth-order valence-corrected chi connectivity index (χ4v) is 3.47. The van der Waals surface area contributed by atoms with Crippen molar-refractivity contribution in [2.45, 2.75) is 11.5 Å². The lowest BCUT2D eigenvalue weighted by Gasteiger charge is -2.01. The molecule has 0 saturated heterocycles. The van der Waals surface area contributed by atoms with Crippen LogP contribution in [0.5, 0.6) is 0 Å². The molecular formula is C15H12FN3O2S2. The molecule has 5 nitrogen and oxygen atoms in total. The smallest absolute Gasteiger partial charge is 0.286 e. The van der Waals surface area contributed by atoms with Crippen molar-refractivity contribution in [2.24, 2.45) is 0 Å². The molecule has 3 aromatic rings. The first-order valence-electron chi connectivity index (χ1n) is 6.70. The lowest BCUT2D eigenvalue weighted by atomic mass is 10.3. The number of rotatable bonds is 6. The monoisotopic (exact) mass is 349 g/mol. The van der Waals surface area contributed by atoms with Crippen LogP contribution in [0.25, 0.3) is 0 Å². The number of thioether (sulfide) groups is 1. The van der Waals surface area contributed by atoms with Gasteiger partial charge in [0.1, 0.15) is 16.6 Å². The zero-order valence-corrected chi connectivity index (χ0v) is 13.5. The number of nitrogens with one attached hydrogen (secondary N) is 1. The Bertz CT molecular complexity index is 772. The molecule has 0 bridgehead atoms. The normalized spacial score (nSPS) is 10.7. The maximum Gasteiger partial charge on any atom is 0.286 e. The number of hydrogen-bond donors (Lipinski definition) is 1. The van der Waals surface area contributed by atoms with Crippen LogP contribution >= 0.6 is 23.1 Å². The number of amides is 1. The van der Waals surface area contributed by atoms with Crippen molar-refractivity contribution in [1.82, 2.24) is 10.2 Å². The van der Waals surface area contributed by atoms with Gasteiger partial charge in [-0.05, 0) is 36.4 Å². The summed E-state index contributed by atoms with van der Waals surface area (Å²) in [5.74, 6) is 1.59. The van der Waals surface area contributed by atoms with Gasteiger partial charge in [0.2, 0.25) is 5.01 Å². The highest BCUT2D eigenvalue weighted by atomic mass is 32.2. The summed E-state index contributed by atoms with van der Waals surface area (Å²) in [5.41, 5.74) is 0.514. The molecule has 23 heavy (non-hydrogen) atoms. The largest absolute Gasteiger partial charge is 0.468 e. The Hall–Kier alpha value is -2.19. The van der Waals surface area contributed by atoms with E-state index in [0.717, 1.165) is 16.5 Å². The molecule has 1 amide bonds. The van der Waals surface area contributed by atoms with Crippen LogP contribution in [0.15, 0.2) is 47.1 Å². The third-order valence-corrected chi connectivity index (χ3v) is 4.88. The quantitative estimate of drug-likeness (QED) is 0.730. The van der Waals surface area contributed by atoms with Crippen LogP contribution in [0.2, 0.25) is 0 Å². The molecule has 0 radical (unpaired) electrons. The second-order valence-electron chi connectivity index (χ2n) is 4.53. The lowest BCUT2D eigenvalue weighted by molar-refractivity contribution is 0.102. The first-order chi connectivity index (χ1) is 11.2. The molecule has 2 aromatic heterocycles. The summed E-state index contributed by atoms with van der Waals surface area (Å²) in [4.78, 5) is 12.1. The molecule has 0 spiro atoms. The van der Waals surface area contributed by atoms with Gasteiger partial charge in [-0.15, -0.1) is 22.0 Å². The van der Waals surface area contributed by atoms with Crippen molar-refractivity contribution in [3.8, 4) is 0 Å². The summed E-state index contributed by atoms with van der Waals surface area (Å²) in [6.45, 7) is 0. The third-order valence-electron chi connectivity index (χ3n) is 2.81. The van der Waals surface area contributed by atoms with E-state index in [4.69, 9.17) is 4.42 Å². The van der Waals surface area contributed by atoms with Crippen LogP contribution in [0, 0.1) is 5.82 Å². The number of anilines is 1. The number of furan rings is 1. The van der Waals surface area contributed by atoms with Gasteiger partial charge in [0.15, 0.2) is 0 Å². The van der Waals surface area contributed by atoms with Gasteiger partial charge in [0.05, 0.1) is 12.0 Å². The fourth-order valence-electron chi connectivity index (χ4n) is 1.76. The van der Waals surface area contributed by atoms with Crippen LogP contribution in [-0.4, -0.2) is 16.1 Å². The Balaban J connectivity index is 1.53. The molecule has 0 unspecified atom stereocenters. The lowest BCUT2D eigenvalue weighted by Crippen LogP contribution is -2.11. The Kier molecular flexibility index (Phi) is 5.04. The minimum absolute atomic E-state index is 0.280. The second-order valence-corrected chi connectivity index (χ2v) is 6.58. The number of carbonyl (C=O) groups is 1. The van der Waals surface area contributed by atoms with Gasteiger partial charge in [0.25, 0.3) is 5.91 Å². The molecule has 0 aliphatic carbocycles. The Morgan fingerprint density at radius 3 is 2.78 bits per heavy atom. The van der Waals surface area contributed by atoms with Gasteiger partial charge >= 0.3 is 0 Å². The molecule has 0 aliphatic heterocycles. The Morgan fingerprint density at radius 1 is 1.22 bits per heavy atom. The molecular weight excluding hydrogens is 337 g/mol. The van der Waals surface area contributed by atoms with E-state index in [-0.39, 0.29) is 16.7 Å². The summed E-state index contributed by atoms with van der Waals surface area (Å²) in [5, 5.41) is 11.6. The highest BCUT2D eigenvalue weighted by Gasteiger charge is 2.13. The van der Waals surface area contributed by atoms with Gasteiger partial charge in [0, 0.05) is 11.4 Å². The van der Waals surface area contributed by atoms with Crippen molar-refractivity contribution in [2.75, 3.05) is 5.32 Å². The maximum absolute atomic E-state index is 12.8. The van der Waals surface area contributed by atoms with Gasteiger partial charge < -0.3 is 9.73 Å². The van der Waals surface area contributed by atoms with Crippen molar-refractivity contribution >= 4 is 34.7 Å². The number of aromatic nitrogens is 2. The van der Waals surface area contributed by atoms with Gasteiger partial charge in [-0.3, -0.25) is 4.79 Å². The van der Waals surface area contributed by atoms with Crippen molar-refractivity contribution in [1.29, 1.82) is 0 Å². The molecule has 1 aromatic carbocycles. The van der Waals surface area contributed by atoms with E-state index in [2.05, 4.69) is 15.5 Å². The molecule has 0 atom stereocenters. The fraction of sp³-hybridized carbons (Fsp3) is 0.133. The van der Waals surface area contributed by atoms with E-state index in [1.165, 1.54) is 35.6 Å². The van der Waals surface area contributed by atoms with Crippen molar-refractivity contribution < 1.29 is 13.6 Å². The van der Waals surface area contributed by atoms with Crippen molar-refractivity contribution in [3.63, 3.8) is 0 Å². The molecule has 118 valence electrons. The van der Waals surface area contributed by atoms with Crippen LogP contribution in [-0.2, 0) is 11.5 Å². The Labute approximate surface area is 139 Å². The highest BCUT2D eigenvalue weighted by molar-refractivity contribution is 7.97. The zero-order chi connectivity index (χ0) is 16.1. The molecule has 0 saturated carbocycles. The van der Waals surface area contributed by atoms with E-state index < -0.39 is 0 Å². The zero-order valence-electron chi connectivity index (χ0n) is 11.9. The SMILES string of the molecule is O=C(Nc1ccc(F)cc1)c1nnc(CSCc2ccco2)s1. The number of nitrogens with zero attached hydrogens (tertiary/aromatic N) is 2. The van der Waals surface area contributed by atoms with E-state index in [1.54, 1.807) is 18.0 Å².